The van der Waals surface area contributed by atoms with Crippen molar-refractivity contribution in [3.05, 3.63) is 81.8 Å². The number of likely N-dealkylation sites (N-methyl/N-ethyl adjacent to an activating group) is 1. The molecule has 3 aromatic rings. The van der Waals surface area contributed by atoms with Crippen LogP contribution in [0, 0.1) is 12.7 Å². The Balaban J connectivity index is 1.52. The number of pyridine rings is 1. The summed E-state index contributed by atoms with van der Waals surface area (Å²) in [7, 11) is 3.02. The number of carbonyl (C=O) groups excluding carboxylic acids is 3. The molecule has 0 bridgehead atoms. The van der Waals surface area contributed by atoms with Crippen LogP contribution >= 0.6 is 11.6 Å². The molecule has 0 radical (unpaired) electrons. The van der Waals surface area contributed by atoms with Gasteiger partial charge in [0.2, 0.25) is 5.91 Å². The molecule has 1 aliphatic carbocycles. The van der Waals surface area contributed by atoms with E-state index in [0.717, 1.165) is 18.4 Å². The lowest BCUT2D eigenvalue weighted by atomic mass is 9.89. The normalized spacial score (nSPS) is 18.0. The fourth-order valence-electron chi connectivity index (χ4n) is 5.74. The third-order valence-electron chi connectivity index (χ3n) is 8.05. The number of nitrogens with one attached hydrogen (secondary N) is 2. The monoisotopic (exact) mass is 607 g/mol. The van der Waals surface area contributed by atoms with Crippen LogP contribution in [0.3, 0.4) is 0 Å². The summed E-state index contributed by atoms with van der Waals surface area (Å²) in [6.45, 7) is 3.88. The van der Waals surface area contributed by atoms with Crippen LogP contribution in [-0.2, 0) is 16.0 Å². The minimum absolute atomic E-state index is 0.0841. The molecule has 1 saturated heterocycles. The maximum Gasteiger partial charge on any atom is 0.254 e. The molecule has 11 heteroatoms. The molecule has 5 rings (SSSR count). The van der Waals surface area contributed by atoms with Gasteiger partial charge in [0.1, 0.15) is 23.4 Å². The zero-order chi connectivity index (χ0) is 30.8. The van der Waals surface area contributed by atoms with Crippen LogP contribution < -0.4 is 20.3 Å². The zero-order valence-corrected chi connectivity index (χ0v) is 25.4. The zero-order valence-electron chi connectivity index (χ0n) is 24.6. The van der Waals surface area contributed by atoms with Gasteiger partial charge >= 0.3 is 0 Å². The van der Waals surface area contributed by atoms with Crippen LogP contribution in [0.25, 0.3) is 0 Å². The highest BCUT2D eigenvalue weighted by atomic mass is 35.5. The van der Waals surface area contributed by atoms with Crippen LogP contribution in [0.15, 0.2) is 48.7 Å². The quantitative estimate of drug-likeness (QED) is 0.346. The lowest BCUT2D eigenvalue weighted by Gasteiger charge is -2.29. The van der Waals surface area contributed by atoms with Crippen LogP contribution in [0.5, 0.6) is 5.75 Å². The van der Waals surface area contributed by atoms with Crippen molar-refractivity contribution in [1.29, 1.82) is 0 Å². The summed E-state index contributed by atoms with van der Waals surface area (Å²) in [6, 6.07) is 10.4. The second-order valence-corrected chi connectivity index (χ2v) is 11.4. The average Bonchev–Trinajstić information content (AvgIpc) is 3.75. The molecule has 1 aliphatic heterocycles. The van der Waals surface area contributed by atoms with Crippen LogP contribution in [0.2, 0.25) is 5.02 Å². The molecule has 1 aromatic heterocycles. The fraction of sp³-hybridized carbons (Fsp3) is 0.375. The number of aromatic nitrogens is 1. The summed E-state index contributed by atoms with van der Waals surface area (Å²) in [5, 5.41) is 6.62. The first-order valence-corrected chi connectivity index (χ1v) is 14.7. The first-order chi connectivity index (χ1) is 20.6. The fourth-order valence-corrected chi connectivity index (χ4v) is 5.86. The Morgan fingerprint density at radius 1 is 1.19 bits per heavy atom. The third kappa shape index (κ3) is 6.29. The van der Waals surface area contributed by atoms with Gasteiger partial charge in [0.15, 0.2) is 0 Å². The first-order valence-electron chi connectivity index (χ1n) is 14.3. The predicted molar refractivity (Wildman–Crippen MR) is 163 cm³/mol. The van der Waals surface area contributed by atoms with Gasteiger partial charge in [-0.2, -0.15) is 0 Å². The number of hydrogen-bond acceptors (Lipinski definition) is 6. The number of methoxy groups -OCH3 is 1. The number of ether oxygens (including phenoxy) is 1. The smallest absolute Gasteiger partial charge is 0.254 e. The summed E-state index contributed by atoms with van der Waals surface area (Å²) in [4.78, 5) is 47.7. The Morgan fingerprint density at radius 3 is 2.53 bits per heavy atom. The number of nitrogens with zero attached hydrogens (tertiary/aromatic N) is 3. The van der Waals surface area contributed by atoms with Gasteiger partial charge in [0.05, 0.1) is 13.7 Å². The van der Waals surface area contributed by atoms with Crippen molar-refractivity contribution >= 4 is 40.8 Å². The highest BCUT2D eigenvalue weighted by Crippen LogP contribution is 2.40. The van der Waals surface area contributed by atoms with E-state index in [1.807, 2.05) is 6.92 Å². The third-order valence-corrected chi connectivity index (χ3v) is 8.30. The van der Waals surface area contributed by atoms with Crippen molar-refractivity contribution in [1.82, 2.24) is 15.2 Å². The van der Waals surface area contributed by atoms with Crippen molar-refractivity contribution in [2.75, 3.05) is 37.5 Å². The van der Waals surface area contributed by atoms with Gasteiger partial charge in [-0.25, -0.2) is 9.37 Å². The van der Waals surface area contributed by atoms with Crippen molar-refractivity contribution in [3.8, 4) is 5.75 Å². The Labute approximate surface area is 255 Å². The summed E-state index contributed by atoms with van der Waals surface area (Å²) in [6.07, 6.45) is 4.08. The van der Waals surface area contributed by atoms with Gasteiger partial charge in [-0.05, 0) is 73.7 Å². The predicted octanol–water partition coefficient (Wildman–Crippen LogP) is 4.72. The topological polar surface area (TPSA) is 104 Å². The van der Waals surface area contributed by atoms with E-state index < -0.39 is 23.7 Å². The average molecular weight is 608 g/mol. The number of hydrogen-bond donors (Lipinski definition) is 2. The number of rotatable bonds is 10. The van der Waals surface area contributed by atoms with Crippen molar-refractivity contribution in [2.45, 2.75) is 51.1 Å². The Morgan fingerprint density at radius 2 is 1.91 bits per heavy atom. The molecule has 2 heterocycles. The van der Waals surface area contributed by atoms with Gasteiger partial charge < -0.3 is 20.3 Å². The van der Waals surface area contributed by atoms with Gasteiger partial charge in [0, 0.05) is 59.7 Å². The van der Waals surface area contributed by atoms with Gasteiger partial charge in [-0.3, -0.25) is 19.3 Å². The van der Waals surface area contributed by atoms with E-state index in [1.165, 1.54) is 23.0 Å². The SMILES string of the molecule is CCc1c(NCC(=O)NC2CC2)ccnc1N1C[C@@H](c2c(C)cc(OC)cc2F)[C@H](N(C)C(=O)c2ccc(Cl)cc2)C1=O. The molecule has 3 amide bonds. The molecular formula is C32H35ClFN5O4. The lowest BCUT2D eigenvalue weighted by molar-refractivity contribution is -0.121. The summed E-state index contributed by atoms with van der Waals surface area (Å²) in [5.74, 6) is -1.33. The van der Waals surface area contributed by atoms with E-state index in [1.54, 1.807) is 56.6 Å². The molecule has 2 atom stereocenters. The second-order valence-electron chi connectivity index (χ2n) is 11.0. The Hall–Kier alpha value is -4.18. The molecule has 0 unspecified atom stereocenters. The summed E-state index contributed by atoms with van der Waals surface area (Å²) < 4.78 is 21.0. The molecule has 226 valence electrons. The van der Waals surface area contributed by atoms with Gasteiger partial charge in [0.25, 0.3) is 11.8 Å². The minimum Gasteiger partial charge on any atom is -0.497 e. The number of aryl methyl sites for hydroxylation is 1. The molecular weight excluding hydrogens is 573 g/mol. The van der Waals surface area contributed by atoms with Crippen molar-refractivity contribution in [3.63, 3.8) is 0 Å². The van der Waals surface area contributed by atoms with E-state index in [0.29, 0.717) is 45.4 Å². The highest BCUT2D eigenvalue weighted by Gasteiger charge is 2.48. The number of anilines is 2. The standard InChI is InChI=1S/C32H35ClFN5O4/c1-5-23-26(36-16-27(40)37-21-10-11-21)12-13-35-30(23)39-17-24(28-18(2)14-22(43-4)15-25(28)34)29(32(39)42)38(3)31(41)19-6-8-20(33)9-7-19/h6-9,12-15,21,24,29H,5,10-11,16-17H2,1-4H3,(H,35,36)(H,37,40)/t24-,29-/m0/s1. The number of benzene rings is 2. The van der Waals surface area contributed by atoms with Crippen LogP contribution in [-0.4, -0.2) is 66.9 Å². The van der Waals surface area contributed by atoms with Gasteiger partial charge in [-0.15, -0.1) is 0 Å². The molecule has 1 saturated carbocycles. The maximum absolute atomic E-state index is 15.7. The first kappa shape index (κ1) is 30.3. The van der Waals surface area contributed by atoms with Gasteiger partial charge in [-0.1, -0.05) is 18.5 Å². The number of halogens is 2. The minimum atomic E-state index is -1.02. The molecule has 2 aliphatic rings. The van der Waals surface area contributed by atoms with Crippen molar-refractivity contribution in [2.24, 2.45) is 0 Å². The largest absolute Gasteiger partial charge is 0.497 e. The number of carbonyl (C=O) groups is 3. The second kappa shape index (κ2) is 12.6. The Bertz CT molecular complexity index is 1520. The maximum atomic E-state index is 15.7. The van der Waals surface area contributed by atoms with Crippen molar-refractivity contribution < 1.29 is 23.5 Å². The lowest BCUT2D eigenvalue weighted by Crippen LogP contribution is -2.45. The van der Waals surface area contributed by atoms with E-state index in [-0.39, 0.29) is 30.9 Å². The number of amides is 3. The summed E-state index contributed by atoms with van der Waals surface area (Å²) >= 11 is 6.03. The summed E-state index contributed by atoms with van der Waals surface area (Å²) in [5.41, 5.74) is 2.72. The van der Waals surface area contributed by atoms with Crippen LogP contribution in [0.1, 0.15) is 52.7 Å². The van der Waals surface area contributed by atoms with E-state index in [4.69, 9.17) is 16.3 Å². The highest BCUT2D eigenvalue weighted by molar-refractivity contribution is 6.30. The molecule has 2 fully saturated rings. The Kier molecular flexibility index (Phi) is 8.87. The van der Waals surface area contributed by atoms with E-state index in [9.17, 15) is 14.4 Å². The van der Waals surface area contributed by atoms with E-state index in [2.05, 4.69) is 15.6 Å². The molecule has 2 N–H and O–H groups in total. The molecule has 0 spiro atoms. The molecule has 2 aromatic carbocycles. The van der Waals surface area contributed by atoms with E-state index >= 15 is 4.39 Å². The molecule has 43 heavy (non-hydrogen) atoms. The molecule has 9 nitrogen and oxygen atoms in total. The van der Waals surface area contributed by atoms with Crippen LogP contribution in [0.4, 0.5) is 15.9 Å².